The van der Waals surface area contributed by atoms with Crippen LogP contribution in [0.2, 0.25) is 0 Å². The van der Waals surface area contributed by atoms with Crippen molar-refractivity contribution in [2.75, 3.05) is 33.1 Å². The van der Waals surface area contributed by atoms with Gasteiger partial charge in [-0.25, -0.2) is 8.42 Å². The predicted molar refractivity (Wildman–Crippen MR) is 95.6 cm³/mol. The lowest BCUT2D eigenvalue weighted by Crippen LogP contribution is -2.68. The van der Waals surface area contributed by atoms with Gasteiger partial charge in [-0.3, -0.25) is 16.0 Å². The lowest BCUT2D eigenvalue weighted by molar-refractivity contribution is -0.0128. The molecule has 4 unspecified atom stereocenters. The number of hydrogen-bond acceptors (Lipinski definition) is 8. The van der Waals surface area contributed by atoms with Crippen LogP contribution in [0.3, 0.4) is 0 Å². The number of nitrogens with one attached hydrogen (secondary N) is 4. The Morgan fingerprint density at radius 2 is 1.96 bits per heavy atom. The fourth-order valence-electron chi connectivity index (χ4n) is 4.22. The third kappa shape index (κ3) is 5.12. The molecule has 0 aromatic heterocycles. The van der Waals surface area contributed by atoms with Gasteiger partial charge < -0.3 is 9.57 Å². The first-order chi connectivity index (χ1) is 12.0. The fraction of sp³-hybridized carbons (Fsp3) is 1.00. The quantitative estimate of drug-likeness (QED) is 0.484. The molecule has 4 atom stereocenters. The van der Waals surface area contributed by atoms with E-state index in [9.17, 15) is 8.42 Å². The van der Waals surface area contributed by atoms with Crippen molar-refractivity contribution >= 4 is 9.84 Å². The van der Waals surface area contributed by atoms with Gasteiger partial charge in [-0.15, -0.1) is 0 Å². The first kappa shape index (κ1) is 19.5. The smallest absolute Gasteiger partial charge is 0.150 e. The van der Waals surface area contributed by atoms with Gasteiger partial charge in [-0.2, -0.15) is 5.48 Å². The van der Waals surface area contributed by atoms with Crippen LogP contribution in [0.15, 0.2) is 0 Å². The summed E-state index contributed by atoms with van der Waals surface area (Å²) in [6, 6.07) is 0.537. The molecule has 9 heteroatoms. The highest BCUT2D eigenvalue weighted by molar-refractivity contribution is 7.91. The average molecular weight is 377 g/mol. The van der Waals surface area contributed by atoms with Gasteiger partial charge in [0.05, 0.1) is 24.1 Å². The summed E-state index contributed by atoms with van der Waals surface area (Å²) < 4.78 is 29.2. The van der Waals surface area contributed by atoms with Crippen molar-refractivity contribution in [3.05, 3.63) is 0 Å². The number of sulfone groups is 1. The number of hydrogen-bond donors (Lipinski definition) is 4. The standard InChI is InChI=1S/C16H32N4O4S/c1-23-16-15(11-3-5-13(6-4-11)25(2,21)22)19-14(10-18-16)17-9-12-7-8-24-20-12/h11-20H,3-10H2,1-2H3. The molecule has 1 saturated carbocycles. The highest BCUT2D eigenvalue weighted by Gasteiger charge is 2.38. The third-order valence-corrected chi connectivity index (χ3v) is 7.44. The Hall–Kier alpha value is -0.290. The average Bonchev–Trinajstić information content (AvgIpc) is 3.12. The van der Waals surface area contributed by atoms with E-state index in [-0.39, 0.29) is 23.7 Å². The van der Waals surface area contributed by atoms with Crippen LogP contribution in [0.5, 0.6) is 0 Å². The Morgan fingerprint density at radius 1 is 1.20 bits per heavy atom. The predicted octanol–water partition coefficient (Wildman–Crippen LogP) is -0.667. The Bertz CT molecular complexity index is 518. The molecule has 2 heterocycles. The number of rotatable bonds is 6. The highest BCUT2D eigenvalue weighted by Crippen LogP contribution is 2.32. The lowest BCUT2D eigenvalue weighted by atomic mass is 9.82. The lowest BCUT2D eigenvalue weighted by Gasteiger charge is -2.43. The fourth-order valence-corrected chi connectivity index (χ4v) is 5.35. The third-order valence-electron chi connectivity index (χ3n) is 5.76. The van der Waals surface area contributed by atoms with Gasteiger partial charge in [0.15, 0.2) is 0 Å². The normalized spacial score (nSPS) is 40.2. The van der Waals surface area contributed by atoms with Crippen molar-refractivity contribution in [3.63, 3.8) is 0 Å². The Balaban J connectivity index is 1.52. The van der Waals surface area contributed by atoms with E-state index in [1.807, 2.05) is 0 Å². The summed E-state index contributed by atoms with van der Waals surface area (Å²) in [5, 5.41) is 10.5. The summed E-state index contributed by atoms with van der Waals surface area (Å²) in [5.41, 5.74) is 3.02. The minimum absolute atomic E-state index is 0.0363. The van der Waals surface area contributed by atoms with E-state index >= 15 is 0 Å². The molecule has 8 nitrogen and oxygen atoms in total. The second-order valence-electron chi connectivity index (χ2n) is 7.54. The van der Waals surface area contributed by atoms with Crippen molar-refractivity contribution < 1.29 is 18.0 Å². The molecule has 0 spiro atoms. The summed E-state index contributed by atoms with van der Waals surface area (Å²) >= 11 is 0. The van der Waals surface area contributed by atoms with Crippen LogP contribution >= 0.6 is 0 Å². The van der Waals surface area contributed by atoms with Crippen molar-refractivity contribution in [2.24, 2.45) is 5.92 Å². The largest absolute Gasteiger partial charge is 0.365 e. The molecule has 0 aromatic rings. The van der Waals surface area contributed by atoms with Crippen LogP contribution in [-0.4, -0.2) is 71.2 Å². The maximum atomic E-state index is 11.8. The van der Waals surface area contributed by atoms with E-state index in [0.29, 0.717) is 12.0 Å². The van der Waals surface area contributed by atoms with E-state index in [1.165, 1.54) is 6.26 Å². The maximum Gasteiger partial charge on any atom is 0.150 e. The topological polar surface area (TPSA) is 101 Å². The summed E-state index contributed by atoms with van der Waals surface area (Å²) in [6.45, 7) is 2.41. The molecular weight excluding hydrogens is 344 g/mol. The zero-order chi connectivity index (χ0) is 17.9. The second-order valence-corrected chi connectivity index (χ2v) is 9.86. The van der Waals surface area contributed by atoms with Crippen molar-refractivity contribution in [2.45, 2.75) is 61.8 Å². The Morgan fingerprint density at radius 3 is 2.56 bits per heavy atom. The molecule has 4 N–H and O–H groups in total. The monoisotopic (exact) mass is 376 g/mol. The van der Waals surface area contributed by atoms with Crippen molar-refractivity contribution in [1.29, 1.82) is 0 Å². The van der Waals surface area contributed by atoms with Gasteiger partial charge in [-0.05, 0) is 38.0 Å². The van der Waals surface area contributed by atoms with E-state index in [2.05, 4.69) is 21.4 Å². The molecule has 25 heavy (non-hydrogen) atoms. The molecule has 3 fully saturated rings. The molecule has 146 valence electrons. The van der Waals surface area contributed by atoms with Crippen LogP contribution in [0.25, 0.3) is 0 Å². The van der Waals surface area contributed by atoms with E-state index in [1.54, 1.807) is 7.11 Å². The number of ether oxygens (including phenoxy) is 1. The molecule has 0 aromatic carbocycles. The van der Waals surface area contributed by atoms with Crippen LogP contribution < -0.4 is 21.4 Å². The molecule has 3 aliphatic rings. The summed E-state index contributed by atoms with van der Waals surface area (Å²) in [4.78, 5) is 5.19. The van der Waals surface area contributed by atoms with Gasteiger partial charge in [0.25, 0.3) is 0 Å². The molecule has 2 saturated heterocycles. The summed E-state index contributed by atoms with van der Waals surface area (Å²) in [7, 11) is -1.20. The first-order valence-corrected chi connectivity index (χ1v) is 11.2. The number of methoxy groups -OCH3 is 1. The molecule has 2 aliphatic heterocycles. The zero-order valence-corrected chi connectivity index (χ0v) is 16.0. The molecule has 1 aliphatic carbocycles. The van der Waals surface area contributed by atoms with Gasteiger partial charge in [0, 0.05) is 32.5 Å². The molecule has 0 bridgehead atoms. The maximum absolute atomic E-state index is 11.8. The van der Waals surface area contributed by atoms with Gasteiger partial charge in [0.1, 0.15) is 16.1 Å². The SMILES string of the molecule is COC1NCC(NCC2CCON2)NC1C1CCC(S(C)(=O)=O)CC1. The molecule has 3 rings (SSSR count). The van der Waals surface area contributed by atoms with Crippen LogP contribution in [0, 0.1) is 5.92 Å². The second kappa shape index (κ2) is 8.60. The van der Waals surface area contributed by atoms with Gasteiger partial charge >= 0.3 is 0 Å². The zero-order valence-electron chi connectivity index (χ0n) is 15.2. The highest BCUT2D eigenvalue weighted by atomic mass is 32.2. The van der Waals surface area contributed by atoms with E-state index in [0.717, 1.165) is 51.8 Å². The van der Waals surface area contributed by atoms with Gasteiger partial charge in [-0.1, -0.05) is 0 Å². The minimum Gasteiger partial charge on any atom is -0.365 e. The number of piperazine rings is 1. The first-order valence-electron chi connectivity index (χ1n) is 9.29. The van der Waals surface area contributed by atoms with E-state index in [4.69, 9.17) is 9.57 Å². The molecular formula is C16H32N4O4S. The molecule has 0 radical (unpaired) electrons. The van der Waals surface area contributed by atoms with Crippen LogP contribution in [-0.2, 0) is 19.4 Å². The Labute approximate surface area is 150 Å². The summed E-state index contributed by atoms with van der Waals surface area (Å²) in [6.07, 6.45) is 5.85. The van der Waals surface area contributed by atoms with Crippen molar-refractivity contribution in [1.82, 2.24) is 21.4 Å². The summed E-state index contributed by atoms with van der Waals surface area (Å²) in [5.74, 6) is 0.424. The molecule has 0 amide bonds. The number of hydroxylamine groups is 1. The van der Waals surface area contributed by atoms with Crippen LogP contribution in [0.1, 0.15) is 32.1 Å². The minimum atomic E-state index is -2.93. The van der Waals surface area contributed by atoms with Crippen LogP contribution in [0.4, 0.5) is 0 Å². The Kier molecular flexibility index (Phi) is 6.70. The van der Waals surface area contributed by atoms with Crippen molar-refractivity contribution in [3.8, 4) is 0 Å². The van der Waals surface area contributed by atoms with E-state index < -0.39 is 9.84 Å². The van der Waals surface area contributed by atoms with Gasteiger partial charge in [0.2, 0.25) is 0 Å².